The zero-order valence-corrected chi connectivity index (χ0v) is 12.1. The Hall–Kier alpha value is -0.740. The molecular formula is C12H17ClN2OS. The molecule has 0 fully saturated rings. The molecule has 1 heterocycles. The minimum absolute atomic E-state index is 0.0149. The highest BCUT2D eigenvalue weighted by atomic mass is 35.5. The van der Waals surface area contributed by atoms with Gasteiger partial charge in [-0.2, -0.15) is 11.8 Å². The first kappa shape index (κ1) is 14.3. The summed E-state index contributed by atoms with van der Waals surface area (Å²) in [5.41, 5.74) is 1.35. The summed E-state index contributed by atoms with van der Waals surface area (Å²) in [6, 6.07) is 3.57. The number of aryl methyl sites for hydroxylation is 1. The molecule has 17 heavy (non-hydrogen) atoms. The number of nitrogens with zero attached hydrogens (tertiary/aromatic N) is 2. The van der Waals surface area contributed by atoms with Gasteiger partial charge in [0.15, 0.2) is 0 Å². The van der Waals surface area contributed by atoms with Gasteiger partial charge in [0.05, 0.1) is 0 Å². The zero-order chi connectivity index (χ0) is 13.0. The van der Waals surface area contributed by atoms with Gasteiger partial charge in [-0.1, -0.05) is 11.6 Å². The van der Waals surface area contributed by atoms with E-state index in [0.717, 1.165) is 11.4 Å². The van der Waals surface area contributed by atoms with Gasteiger partial charge in [0, 0.05) is 30.1 Å². The molecule has 0 radical (unpaired) electrons. The van der Waals surface area contributed by atoms with Crippen molar-refractivity contribution in [2.75, 3.05) is 19.1 Å². The Bertz CT molecular complexity index is 391. The van der Waals surface area contributed by atoms with Gasteiger partial charge >= 0.3 is 0 Å². The van der Waals surface area contributed by atoms with Crippen molar-refractivity contribution in [3.63, 3.8) is 0 Å². The molecule has 0 aliphatic heterocycles. The molecule has 0 saturated carbocycles. The first-order chi connectivity index (χ1) is 7.95. The minimum Gasteiger partial charge on any atom is -0.338 e. The van der Waals surface area contributed by atoms with E-state index < -0.39 is 0 Å². The van der Waals surface area contributed by atoms with E-state index >= 15 is 0 Å². The van der Waals surface area contributed by atoms with Crippen LogP contribution < -0.4 is 0 Å². The molecular weight excluding hydrogens is 256 g/mol. The Labute approximate surface area is 112 Å². The standard InChI is InChI=1S/C12H17ClN2OS/c1-8-5-10(6-11(13)14-8)12(16)15(3)9(2)7-17-4/h5-6,9H,7H2,1-4H3. The maximum atomic E-state index is 12.2. The number of amides is 1. The molecule has 1 aromatic heterocycles. The molecule has 0 spiro atoms. The maximum Gasteiger partial charge on any atom is 0.254 e. The smallest absolute Gasteiger partial charge is 0.254 e. The number of carbonyl (C=O) groups is 1. The van der Waals surface area contributed by atoms with Crippen LogP contribution in [0.2, 0.25) is 5.15 Å². The summed E-state index contributed by atoms with van der Waals surface area (Å²) in [6.45, 7) is 3.86. The van der Waals surface area contributed by atoms with Crippen LogP contribution in [-0.4, -0.2) is 40.9 Å². The van der Waals surface area contributed by atoms with Gasteiger partial charge in [-0.15, -0.1) is 0 Å². The van der Waals surface area contributed by atoms with E-state index in [4.69, 9.17) is 11.6 Å². The van der Waals surface area contributed by atoms with Crippen molar-refractivity contribution in [2.45, 2.75) is 19.9 Å². The predicted molar refractivity (Wildman–Crippen MR) is 73.9 cm³/mol. The van der Waals surface area contributed by atoms with Crippen molar-refractivity contribution in [1.29, 1.82) is 0 Å². The molecule has 3 nitrogen and oxygen atoms in total. The summed E-state index contributed by atoms with van der Waals surface area (Å²) in [4.78, 5) is 18.0. The molecule has 0 N–H and O–H groups in total. The van der Waals surface area contributed by atoms with E-state index in [9.17, 15) is 4.79 Å². The Morgan fingerprint density at radius 2 is 2.24 bits per heavy atom. The molecule has 0 aromatic carbocycles. The van der Waals surface area contributed by atoms with E-state index in [0.29, 0.717) is 10.7 Å². The predicted octanol–water partition coefficient (Wildman–Crippen LogP) is 2.87. The van der Waals surface area contributed by atoms with Gasteiger partial charge in [-0.05, 0) is 32.2 Å². The number of halogens is 1. The second kappa shape index (κ2) is 6.26. The van der Waals surface area contributed by atoms with E-state index in [2.05, 4.69) is 4.98 Å². The van der Waals surface area contributed by atoms with Crippen LogP contribution in [-0.2, 0) is 0 Å². The largest absolute Gasteiger partial charge is 0.338 e. The lowest BCUT2D eigenvalue weighted by atomic mass is 10.2. The summed E-state index contributed by atoms with van der Waals surface area (Å²) >= 11 is 7.58. The van der Waals surface area contributed by atoms with Crippen LogP contribution in [0.3, 0.4) is 0 Å². The number of aromatic nitrogens is 1. The highest BCUT2D eigenvalue weighted by Gasteiger charge is 2.17. The molecule has 0 aliphatic rings. The lowest BCUT2D eigenvalue weighted by Crippen LogP contribution is -2.36. The van der Waals surface area contributed by atoms with Gasteiger partial charge in [0.1, 0.15) is 5.15 Å². The van der Waals surface area contributed by atoms with Crippen molar-refractivity contribution in [3.8, 4) is 0 Å². The summed E-state index contributed by atoms with van der Waals surface area (Å²) in [5.74, 6) is 0.902. The molecule has 1 aromatic rings. The normalized spacial score (nSPS) is 12.3. The highest BCUT2D eigenvalue weighted by Crippen LogP contribution is 2.14. The van der Waals surface area contributed by atoms with Crippen LogP contribution in [0.15, 0.2) is 12.1 Å². The maximum absolute atomic E-state index is 12.2. The quantitative estimate of drug-likeness (QED) is 0.791. The lowest BCUT2D eigenvalue weighted by molar-refractivity contribution is 0.0757. The number of hydrogen-bond acceptors (Lipinski definition) is 3. The molecule has 0 saturated heterocycles. The molecule has 1 atom stereocenters. The molecule has 1 amide bonds. The van der Waals surface area contributed by atoms with Gasteiger partial charge in [-0.3, -0.25) is 4.79 Å². The summed E-state index contributed by atoms with van der Waals surface area (Å²) in [6.07, 6.45) is 2.03. The summed E-state index contributed by atoms with van der Waals surface area (Å²) in [5, 5.41) is 0.360. The fourth-order valence-electron chi connectivity index (χ4n) is 1.51. The van der Waals surface area contributed by atoms with Crippen molar-refractivity contribution >= 4 is 29.3 Å². The van der Waals surface area contributed by atoms with Crippen LogP contribution in [0.5, 0.6) is 0 Å². The van der Waals surface area contributed by atoms with Crippen molar-refractivity contribution in [2.24, 2.45) is 0 Å². The zero-order valence-electron chi connectivity index (χ0n) is 10.5. The first-order valence-corrected chi connectivity index (χ1v) is 7.13. The van der Waals surface area contributed by atoms with E-state index in [-0.39, 0.29) is 11.9 Å². The monoisotopic (exact) mass is 272 g/mol. The van der Waals surface area contributed by atoms with Crippen LogP contribution in [0.25, 0.3) is 0 Å². The van der Waals surface area contributed by atoms with Gasteiger partial charge in [0.25, 0.3) is 5.91 Å². The van der Waals surface area contributed by atoms with Crippen LogP contribution >= 0.6 is 23.4 Å². The van der Waals surface area contributed by atoms with Gasteiger partial charge in [0.2, 0.25) is 0 Å². The van der Waals surface area contributed by atoms with E-state index in [1.165, 1.54) is 0 Å². The number of pyridine rings is 1. The molecule has 1 unspecified atom stereocenters. The van der Waals surface area contributed by atoms with Crippen molar-refractivity contribution in [1.82, 2.24) is 9.88 Å². The Balaban J connectivity index is 2.88. The Morgan fingerprint density at radius 1 is 1.59 bits per heavy atom. The minimum atomic E-state index is -0.0149. The molecule has 5 heteroatoms. The highest BCUT2D eigenvalue weighted by molar-refractivity contribution is 7.98. The summed E-state index contributed by atoms with van der Waals surface area (Å²) in [7, 11) is 1.81. The topological polar surface area (TPSA) is 33.2 Å². The second-order valence-corrected chi connectivity index (χ2v) is 5.34. The van der Waals surface area contributed by atoms with E-state index in [1.54, 1.807) is 28.8 Å². The number of hydrogen-bond donors (Lipinski definition) is 0. The Kier molecular flexibility index (Phi) is 5.28. The third-order valence-electron chi connectivity index (χ3n) is 2.56. The average Bonchev–Trinajstić information content (AvgIpc) is 2.26. The van der Waals surface area contributed by atoms with Crippen LogP contribution in [0.4, 0.5) is 0 Å². The number of carbonyl (C=O) groups excluding carboxylic acids is 1. The second-order valence-electron chi connectivity index (χ2n) is 4.04. The van der Waals surface area contributed by atoms with E-state index in [1.807, 2.05) is 27.2 Å². The van der Waals surface area contributed by atoms with Crippen molar-refractivity contribution in [3.05, 3.63) is 28.5 Å². The van der Waals surface area contributed by atoms with Gasteiger partial charge in [-0.25, -0.2) is 4.98 Å². The molecule has 0 aliphatic carbocycles. The fraction of sp³-hybridized carbons (Fsp3) is 0.500. The number of thioether (sulfide) groups is 1. The number of rotatable bonds is 4. The third kappa shape index (κ3) is 3.89. The van der Waals surface area contributed by atoms with Crippen LogP contribution in [0.1, 0.15) is 23.0 Å². The molecule has 1 rings (SSSR count). The van der Waals surface area contributed by atoms with Gasteiger partial charge < -0.3 is 4.90 Å². The SMILES string of the molecule is CSCC(C)N(C)C(=O)c1cc(C)nc(Cl)c1. The molecule has 0 bridgehead atoms. The van der Waals surface area contributed by atoms with Crippen LogP contribution in [0, 0.1) is 6.92 Å². The molecule has 94 valence electrons. The fourth-order valence-corrected chi connectivity index (χ4v) is 2.47. The average molecular weight is 273 g/mol. The van der Waals surface area contributed by atoms with Crippen molar-refractivity contribution < 1.29 is 4.79 Å². The third-order valence-corrected chi connectivity index (χ3v) is 3.57. The first-order valence-electron chi connectivity index (χ1n) is 5.36. The Morgan fingerprint density at radius 3 is 2.76 bits per heavy atom. The lowest BCUT2D eigenvalue weighted by Gasteiger charge is -2.24. The summed E-state index contributed by atoms with van der Waals surface area (Å²) < 4.78 is 0.